The zero-order chi connectivity index (χ0) is 10.8. The summed E-state index contributed by atoms with van der Waals surface area (Å²) in [5.41, 5.74) is 5.73. The lowest BCUT2D eigenvalue weighted by molar-refractivity contribution is 0.0645. The number of nitrogens with zero attached hydrogens (tertiary/aromatic N) is 3. The Balaban J connectivity index is 2.01. The van der Waals surface area contributed by atoms with E-state index in [9.17, 15) is 8.78 Å². The van der Waals surface area contributed by atoms with Crippen molar-refractivity contribution in [2.24, 2.45) is 5.73 Å². The molecule has 1 fully saturated rings. The predicted molar refractivity (Wildman–Crippen MR) is 51.3 cm³/mol. The molecule has 1 aromatic rings. The second-order valence-corrected chi connectivity index (χ2v) is 3.81. The van der Waals surface area contributed by atoms with Gasteiger partial charge in [0.25, 0.3) is 0 Å². The van der Waals surface area contributed by atoms with Crippen LogP contribution in [0, 0.1) is 0 Å². The molecule has 15 heavy (non-hydrogen) atoms. The molecule has 4 nitrogen and oxygen atoms in total. The van der Waals surface area contributed by atoms with Gasteiger partial charge < -0.3 is 5.73 Å². The third-order valence-electron chi connectivity index (χ3n) is 2.63. The summed E-state index contributed by atoms with van der Waals surface area (Å²) in [7, 11) is 0. The number of alkyl halides is 2. The van der Waals surface area contributed by atoms with E-state index < -0.39 is 6.55 Å². The zero-order valence-electron chi connectivity index (χ0n) is 8.31. The molecule has 2 heterocycles. The van der Waals surface area contributed by atoms with Gasteiger partial charge in [-0.2, -0.15) is 8.78 Å². The van der Waals surface area contributed by atoms with Gasteiger partial charge in [-0.1, -0.05) is 0 Å². The topological polar surface area (TPSA) is 47.1 Å². The highest BCUT2D eigenvalue weighted by atomic mass is 19.3. The maximum Gasteiger partial charge on any atom is 0.319 e. The van der Waals surface area contributed by atoms with Crippen LogP contribution in [-0.4, -0.2) is 33.6 Å². The molecule has 6 heteroatoms. The second-order valence-electron chi connectivity index (χ2n) is 3.81. The average Bonchev–Trinajstić information content (AvgIpc) is 2.75. The molecule has 0 saturated carbocycles. The van der Waals surface area contributed by atoms with Crippen molar-refractivity contribution in [1.29, 1.82) is 0 Å². The Morgan fingerprint density at radius 2 is 2.40 bits per heavy atom. The molecule has 84 valence electrons. The zero-order valence-corrected chi connectivity index (χ0v) is 8.31. The highest BCUT2D eigenvalue weighted by Gasteiger charge is 2.21. The first-order valence-electron chi connectivity index (χ1n) is 4.94. The number of aromatic nitrogens is 2. The molecule has 0 aliphatic carbocycles. The lowest BCUT2D eigenvalue weighted by Gasteiger charge is -2.15. The van der Waals surface area contributed by atoms with Crippen LogP contribution in [0.25, 0.3) is 0 Å². The third-order valence-corrected chi connectivity index (χ3v) is 2.63. The van der Waals surface area contributed by atoms with Crippen LogP contribution in [0.4, 0.5) is 8.78 Å². The summed E-state index contributed by atoms with van der Waals surface area (Å²) >= 11 is 0. The average molecular weight is 216 g/mol. The van der Waals surface area contributed by atoms with Gasteiger partial charge >= 0.3 is 6.55 Å². The van der Waals surface area contributed by atoms with E-state index in [2.05, 4.69) is 4.98 Å². The molecular weight excluding hydrogens is 202 g/mol. The molecule has 1 saturated heterocycles. The van der Waals surface area contributed by atoms with E-state index in [1.54, 1.807) is 0 Å². The van der Waals surface area contributed by atoms with Crippen molar-refractivity contribution in [3.05, 3.63) is 18.2 Å². The first kappa shape index (κ1) is 10.5. The summed E-state index contributed by atoms with van der Waals surface area (Å²) in [6, 6.07) is 0.167. The molecule has 0 radical (unpaired) electrons. The first-order chi connectivity index (χ1) is 7.16. The second kappa shape index (κ2) is 4.24. The van der Waals surface area contributed by atoms with Gasteiger partial charge in [0.1, 0.15) is 5.82 Å². The molecule has 0 aromatic carbocycles. The van der Waals surface area contributed by atoms with Crippen LogP contribution >= 0.6 is 0 Å². The molecule has 0 amide bonds. The summed E-state index contributed by atoms with van der Waals surface area (Å²) in [5.74, 6) is 0.402. The molecule has 0 unspecified atom stereocenters. The standard InChI is InChI=1S/C9H14F2N4/c10-9(11)15-4-2-13-8(15)6-14-3-1-7(12)5-14/h2,4,7,9H,1,3,5-6,12H2/t7-/m0/s1. The van der Waals surface area contributed by atoms with Crippen LogP contribution in [0.15, 0.2) is 12.4 Å². The number of rotatable bonds is 3. The van der Waals surface area contributed by atoms with E-state index in [0.29, 0.717) is 12.4 Å². The highest BCUT2D eigenvalue weighted by molar-refractivity contribution is 4.94. The van der Waals surface area contributed by atoms with E-state index in [-0.39, 0.29) is 6.04 Å². The molecular formula is C9H14F2N4. The van der Waals surface area contributed by atoms with Crippen LogP contribution in [-0.2, 0) is 6.54 Å². The Kier molecular flexibility index (Phi) is 2.97. The van der Waals surface area contributed by atoms with Crippen LogP contribution in [0.5, 0.6) is 0 Å². The largest absolute Gasteiger partial charge is 0.326 e. The fourth-order valence-electron chi connectivity index (χ4n) is 1.85. The Labute approximate surface area is 86.7 Å². The smallest absolute Gasteiger partial charge is 0.319 e. The predicted octanol–water partition coefficient (Wildman–Crippen LogP) is 0.811. The van der Waals surface area contributed by atoms with Crippen molar-refractivity contribution in [2.45, 2.75) is 25.6 Å². The van der Waals surface area contributed by atoms with Gasteiger partial charge in [-0.25, -0.2) is 4.98 Å². The molecule has 0 bridgehead atoms. The van der Waals surface area contributed by atoms with Crippen molar-refractivity contribution < 1.29 is 8.78 Å². The summed E-state index contributed by atoms with van der Waals surface area (Å²) in [6.45, 7) is -0.447. The fraction of sp³-hybridized carbons (Fsp3) is 0.667. The van der Waals surface area contributed by atoms with Gasteiger partial charge in [0.2, 0.25) is 0 Å². The van der Waals surface area contributed by atoms with Gasteiger partial charge in [0.15, 0.2) is 0 Å². The number of hydrogen-bond acceptors (Lipinski definition) is 3. The Morgan fingerprint density at radius 3 is 3.00 bits per heavy atom. The van der Waals surface area contributed by atoms with Crippen molar-refractivity contribution in [3.8, 4) is 0 Å². The molecule has 2 rings (SSSR count). The summed E-state index contributed by atoms with van der Waals surface area (Å²) in [5, 5.41) is 0. The molecule has 1 aromatic heterocycles. The highest BCUT2D eigenvalue weighted by Crippen LogP contribution is 2.16. The van der Waals surface area contributed by atoms with E-state index >= 15 is 0 Å². The van der Waals surface area contributed by atoms with Gasteiger partial charge in [-0.3, -0.25) is 9.47 Å². The lowest BCUT2D eigenvalue weighted by atomic mass is 10.3. The van der Waals surface area contributed by atoms with E-state index in [1.807, 2.05) is 4.90 Å². The Morgan fingerprint density at radius 1 is 1.60 bits per heavy atom. The number of likely N-dealkylation sites (tertiary alicyclic amines) is 1. The maximum absolute atomic E-state index is 12.5. The Hall–Kier alpha value is -1.01. The van der Waals surface area contributed by atoms with Crippen LogP contribution < -0.4 is 5.73 Å². The van der Waals surface area contributed by atoms with Crippen LogP contribution in [0.3, 0.4) is 0 Å². The van der Waals surface area contributed by atoms with E-state index in [0.717, 1.165) is 24.1 Å². The van der Waals surface area contributed by atoms with Gasteiger partial charge in [0.05, 0.1) is 6.54 Å². The van der Waals surface area contributed by atoms with Crippen molar-refractivity contribution in [3.63, 3.8) is 0 Å². The van der Waals surface area contributed by atoms with Crippen molar-refractivity contribution in [2.75, 3.05) is 13.1 Å². The van der Waals surface area contributed by atoms with Crippen molar-refractivity contribution in [1.82, 2.24) is 14.5 Å². The maximum atomic E-state index is 12.5. The minimum atomic E-state index is -2.52. The number of imidazole rings is 1. The number of hydrogen-bond donors (Lipinski definition) is 1. The van der Waals surface area contributed by atoms with Gasteiger partial charge in [-0.05, 0) is 6.42 Å². The lowest BCUT2D eigenvalue weighted by Crippen LogP contribution is -2.27. The molecule has 0 spiro atoms. The van der Waals surface area contributed by atoms with Crippen LogP contribution in [0.1, 0.15) is 18.8 Å². The molecule has 1 atom stereocenters. The summed E-state index contributed by atoms with van der Waals surface area (Å²) < 4.78 is 25.9. The Bertz CT molecular complexity index is 326. The quantitative estimate of drug-likeness (QED) is 0.813. The monoisotopic (exact) mass is 216 g/mol. The number of nitrogens with two attached hydrogens (primary N) is 1. The fourth-order valence-corrected chi connectivity index (χ4v) is 1.85. The van der Waals surface area contributed by atoms with Crippen molar-refractivity contribution >= 4 is 0 Å². The summed E-state index contributed by atoms with van der Waals surface area (Å²) in [4.78, 5) is 5.97. The SMILES string of the molecule is N[C@H]1CCN(Cc2nccn2C(F)F)C1. The third kappa shape index (κ3) is 2.32. The normalized spacial score (nSPS) is 22.8. The van der Waals surface area contributed by atoms with Gasteiger partial charge in [0, 0.05) is 31.5 Å². The van der Waals surface area contributed by atoms with E-state index in [1.165, 1.54) is 12.4 Å². The molecule has 1 aliphatic rings. The van der Waals surface area contributed by atoms with Gasteiger partial charge in [-0.15, -0.1) is 0 Å². The molecule has 1 aliphatic heterocycles. The first-order valence-corrected chi connectivity index (χ1v) is 4.94. The minimum Gasteiger partial charge on any atom is -0.326 e. The number of halogens is 2. The summed E-state index contributed by atoms with van der Waals surface area (Å²) in [6.07, 6.45) is 3.63. The van der Waals surface area contributed by atoms with Crippen LogP contribution in [0.2, 0.25) is 0 Å². The minimum absolute atomic E-state index is 0.167. The van der Waals surface area contributed by atoms with E-state index in [4.69, 9.17) is 5.73 Å². The molecule has 2 N–H and O–H groups in total.